The molecule has 7 aromatic rings. The van der Waals surface area contributed by atoms with Crippen LogP contribution < -0.4 is 15.5 Å². The Bertz CT molecular complexity index is 2840. The van der Waals surface area contributed by atoms with Gasteiger partial charge in [-0.25, -0.2) is 9.98 Å². The van der Waals surface area contributed by atoms with E-state index < -0.39 is 23.7 Å². The molecule has 1 N–H and O–H groups in total. The van der Waals surface area contributed by atoms with Crippen molar-refractivity contribution in [2.24, 2.45) is 9.98 Å². The zero-order valence-electron chi connectivity index (χ0n) is 33.4. The van der Waals surface area contributed by atoms with Crippen LogP contribution in [0.2, 0.25) is 0 Å². The van der Waals surface area contributed by atoms with Gasteiger partial charge in [-0.1, -0.05) is 164 Å². The van der Waals surface area contributed by atoms with E-state index in [1.54, 1.807) is 0 Å². The van der Waals surface area contributed by atoms with Crippen molar-refractivity contribution >= 4 is 24.3 Å². The van der Waals surface area contributed by atoms with E-state index in [9.17, 15) is 0 Å². The van der Waals surface area contributed by atoms with Crippen molar-refractivity contribution < 1.29 is 14.0 Å². The Hall–Kier alpha value is -6.54. The SMILES string of the molecule is CC1(C)OB(c2cccc3c2-c2ccccc2C32c3ccccc3Oc3c(-c4ccc(C5N=C(c6ccccc6)N=C(c6ccccc6)N5)cc4)cccc32)OC1(C)C. The quantitative estimate of drug-likeness (QED) is 0.177. The van der Waals surface area contributed by atoms with Crippen LogP contribution in [0, 0.1) is 0 Å². The molecular formula is C52H42BN3O3. The third kappa shape index (κ3) is 5.42. The number of aliphatic imine (C=N–C) groups is 2. The molecule has 0 saturated carbocycles. The molecule has 3 aliphatic heterocycles. The van der Waals surface area contributed by atoms with Gasteiger partial charge in [0.1, 0.15) is 23.5 Å². The molecule has 59 heavy (non-hydrogen) atoms. The molecule has 3 heterocycles. The molecule has 11 rings (SSSR count). The average Bonchev–Trinajstić information content (AvgIpc) is 3.69. The first kappa shape index (κ1) is 35.6. The smallest absolute Gasteiger partial charge is 0.456 e. The number of benzene rings is 7. The Morgan fingerprint density at radius 2 is 1.12 bits per heavy atom. The molecular weight excluding hydrogens is 725 g/mol. The van der Waals surface area contributed by atoms with Crippen LogP contribution in [0.3, 0.4) is 0 Å². The van der Waals surface area contributed by atoms with Gasteiger partial charge in [0, 0.05) is 27.8 Å². The minimum atomic E-state index is -0.645. The van der Waals surface area contributed by atoms with E-state index in [-0.39, 0.29) is 6.17 Å². The number of hydrogen-bond donors (Lipinski definition) is 1. The predicted molar refractivity (Wildman–Crippen MR) is 237 cm³/mol. The van der Waals surface area contributed by atoms with Gasteiger partial charge in [-0.15, -0.1) is 0 Å². The molecule has 1 spiro atoms. The van der Waals surface area contributed by atoms with E-state index in [0.29, 0.717) is 5.84 Å². The maximum absolute atomic E-state index is 7.04. The molecule has 1 saturated heterocycles. The minimum Gasteiger partial charge on any atom is -0.456 e. The minimum absolute atomic E-state index is 0.326. The van der Waals surface area contributed by atoms with Gasteiger partial charge in [0.2, 0.25) is 0 Å². The Morgan fingerprint density at radius 1 is 0.525 bits per heavy atom. The van der Waals surface area contributed by atoms with Crippen molar-refractivity contribution in [3.63, 3.8) is 0 Å². The van der Waals surface area contributed by atoms with Crippen LogP contribution in [0.1, 0.15) is 72.8 Å². The first-order chi connectivity index (χ1) is 28.7. The molecule has 0 radical (unpaired) electrons. The van der Waals surface area contributed by atoms with Crippen LogP contribution in [-0.4, -0.2) is 30.0 Å². The van der Waals surface area contributed by atoms with Gasteiger partial charge >= 0.3 is 7.12 Å². The van der Waals surface area contributed by atoms with Gasteiger partial charge in [0.05, 0.1) is 16.6 Å². The van der Waals surface area contributed by atoms with Crippen molar-refractivity contribution in [1.29, 1.82) is 0 Å². The fourth-order valence-electron chi connectivity index (χ4n) is 9.32. The number of rotatable bonds is 5. The predicted octanol–water partition coefficient (Wildman–Crippen LogP) is 10.6. The second kappa shape index (κ2) is 13.2. The molecule has 7 aromatic carbocycles. The molecule has 6 nitrogen and oxygen atoms in total. The van der Waals surface area contributed by atoms with E-state index >= 15 is 0 Å². The summed E-state index contributed by atoms with van der Waals surface area (Å²) in [6.45, 7) is 8.45. The Kier molecular flexibility index (Phi) is 8.00. The van der Waals surface area contributed by atoms with Crippen LogP contribution in [0.4, 0.5) is 0 Å². The summed E-state index contributed by atoms with van der Waals surface area (Å²) < 4.78 is 20.5. The molecule has 7 heteroatoms. The molecule has 2 atom stereocenters. The van der Waals surface area contributed by atoms with Crippen molar-refractivity contribution in [3.05, 3.63) is 209 Å². The van der Waals surface area contributed by atoms with E-state index in [4.69, 9.17) is 24.0 Å². The zero-order chi connectivity index (χ0) is 39.9. The van der Waals surface area contributed by atoms with Crippen molar-refractivity contribution in [2.45, 2.75) is 50.5 Å². The van der Waals surface area contributed by atoms with Crippen molar-refractivity contribution in [3.8, 4) is 33.8 Å². The fourth-order valence-corrected chi connectivity index (χ4v) is 9.32. The number of hydrogen-bond acceptors (Lipinski definition) is 6. The van der Waals surface area contributed by atoms with Gasteiger partial charge in [-0.2, -0.15) is 0 Å². The van der Waals surface area contributed by atoms with Crippen molar-refractivity contribution in [2.75, 3.05) is 0 Å². The lowest BCUT2D eigenvalue weighted by Crippen LogP contribution is -2.41. The van der Waals surface area contributed by atoms with E-state index in [2.05, 4.69) is 166 Å². The summed E-state index contributed by atoms with van der Waals surface area (Å²) in [6, 6.07) is 59.6. The summed E-state index contributed by atoms with van der Waals surface area (Å²) >= 11 is 0. The molecule has 0 aromatic heterocycles. The van der Waals surface area contributed by atoms with Crippen LogP contribution in [0.25, 0.3) is 22.3 Å². The van der Waals surface area contributed by atoms with E-state index in [1.807, 2.05) is 36.4 Å². The highest BCUT2D eigenvalue weighted by atomic mass is 16.7. The van der Waals surface area contributed by atoms with Gasteiger partial charge in [0.15, 0.2) is 5.84 Å². The Balaban J connectivity index is 1.04. The monoisotopic (exact) mass is 767 g/mol. The third-order valence-corrected chi connectivity index (χ3v) is 12.9. The summed E-state index contributed by atoms with van der Waals surface area (Å²) in [5, 5.41) is 3.61. The summed E-state index contributed by atoms with van der Waals surface area (Å²) in [5.74, 6) is 3.18. The highest BCUT2D eigenvalue weighted by Crippen LogP contribution is 2.63. The lowest BCUT2D eigenvalue weighted by atomic mass is 9.65. The zero-order valence-corrected chi connectivity index (χ0v) is 33.4. The Morgan fingerprint density at radius 3 is 1.86 bits per heavy atom. The first-order valence-corrected chi connectivity index (χ1v) is 20.4. The van der Waals surface area contributed by atoms with Crippen molar-refractivity contribution in [1.82, 2.24) is 5.32 Å². The summed E-state index contributed by atoms with van der Waals surface area (Å²) in [7, 11) is -0.514. The van der Waals surface area contributed by atoms with Crippen LogP contribution >= 0.6 is 0 Å². The van der Waals surface area contributed by atoms with Crippen LogP contribution in [0.15, 0.2) is 180 Å². The number of nitrogens with one attached hydrogen (secondary N) is 1. The van der Waals surface area contributed by atoms with Gasteiger partial charge in [-0.3, -0.25) is 0 Å². The molecule has 286 valence electrons. The molecule has 2 unspecified atom stereocenters. The second-order valence-electron chi connectivity index (χ2n) is 16.7. The van der Waals surface area contributed by atoms with E-state index in [1.165, 1.54) is 16.7 Å². The normalized spacial score (nSPS) is 20.3. The number of ether oxygens (including phenoxy) is 1. The van der Waals surface area contributed by atoms with Gasteiger partial charge in [-0.05, 0) is 72.6 Å². The Labute approximate surface area is 345 Å². The number of para-hydroxylation sites is 2. The van der Waals surface area contributed by atoms with Gasteiger partial charge in [0.25, 0.3) is 0 Å². The largest absolute Gasteiger partial charge is 0.495 e. The average molecular weight is 768 g/mol. The lowest BCUT2D eigenvalue weighted by Gasteiger charge is -2.40. The molecule has 0 amide bonds. The summed E-state index contributed by atoms with van der Waals surface area (Å²) in [4.78, 5) is 10.1. The molecule has 4 aliphatic rings. The molecule has 0 bridgehead atoms. The van der Waals surface area contributed by atoms with E-state index in [0.717, 1.165) is 67.3 Å². The number of fused-ring (bicyclic) bond motifs is 9. The highest BCUT2D eigenvalue weighted by molar-refractivity contribution is 6.64. The topological polar surface area (TPSA) is 64.4 Å². The van der Waals surface area contributed by atoms with Crippen LogP contribution in [-0.2, 0) is 14.7 Å². The highest BCUT2D eigenvalue weighted by Gasteiger charge is 2.56. The molecule has 1 aliphatic carbocycles. The summed E-state index contributed by atoms with van der Waals surface area (Å²) in [5.41, 5.74) is 11.5. The lowest BCUT2D eigenvalue weighted by molar-refractivity contribution is 0.00578. The molecule has 1 fully saturated rings. The number of amidine groups is 2. The maximum Gasteiger partial charge on any atom is 0.495 e. The second-order valence-corrected chi connectivity index (χ2v) is 16.7. The number of nitrogens with zero attached hydrogens (tertiary/aromatic N) is 2. The van der Waals surface area contributed by atoms with Crippen LogP contribution in [0.5, 0.6) is 11.5 Å². The fraction of sp³-hybridized carbons (Fsp3) is 0.154. The third-order valence-electron chi connectivity index (χ3n) is 12.9. The standard InChI is InChI=1S/C52H42BN3O3/c1-50(2)51(3,4)59-53(58-50)43-27-16-25-41-45(43)38-21-11-12-23-39(38)52(41)40-24-13-14-28-44(40)57-46-37(22-15-26-42(46)52)33-29-31-36(32-30-33)49-55-47(34-17-7-5-8-18-34)54-48(56-49)35-19-9-6-10-20-35/h5-32,49H,1-4H3,(H,54,55,56). The van der Waals surface area contributed by atoms with Gasteiger partial charge < -0.3 is 19.4 Å². The first-order valence-electron chi connectivity index (χ1n) is 20.4. The maximum atomic E-state index is 7.04. The summed E-state index contributed by atoms with van der Waals surface area (Å²) in [6.07, 6.45) is -0.326.